The minimum absolute atomic E-state index is 0.0312. The Morgan fingerprint density at radius 3 is 2.93 bits per heavy atom. The smallest absolute Gasteiger partial charge is 0.218 e. The lowest BCUT2D eigenvalue weighted by atomic mass is 10.0. The summed E-state index contributed by atoms with van der Waals surface area (Å²) >= 11 is 6.00. The lowest BCUT2D eigenvalue weighted by Crippen LogP contribution is -2.30. The lowest BCUT2D eigenvalue weighted by molar-refractivity contribution is 0.187. The van der Waals surface area contributed by atoms with Crippen LogP contribution in [-0.4, -0.2) is 54.1 Å². The van der Waals surface area contributed by atoms with Crippen molar-refractivity contribution in [2.45, 2.75) is 25.1 Å². The number of fused-ring (bicyclic) bond motifs is 1. The predicted octanol–water partition coefficient (Wildman–Crippen LogP) is 3.13. The van der Waals surface area contributed by atoms with Crippen LogP contribution in [0.2, 0.25) is 5.02 Å². The molecule has 0 saturated carbocycles. The summed E-state index contributed by atoms with van der Waals surface area (Å²) in [4.78, 5) is 9.22. The van der Waals surface area contributed by atoms with E-state index in [0.717, 1.165) is 23.4 Å². The van der Waals surface area contributed by atoms with Crippen molar-refractivity contribution in [2.75, 3.05) is 26.8 Å². The van der Waals surface area contributed by atoms with E-state index in [0.29, 0.717) is 43.2 Å². The Balaban J connectivity index is 1.47. The maximum absolute atomic E-state index is 12.9. The van der Waals surface area contributed by atoms with Gasteiger partial charge in [0.1, 0.15) is 11.3 Å². The molecule has 9 heteroatoms. The third-order valence-electron chi connectivity index (χ3n) is 5.45. The van der Waals surface area contributed by atoms with Gasteiger partial charge in [-0.05, 0) is 42.2 Å². The number of hydrogen-bond donors (Lipinski definition) is 0. The zero-order valence-electron chi connectivity index (χ0n) is 16.9. The van der Waals surface area contributed by atoms with Crippen molar-refractivity contribution in [1.82, 2.24) is 18.8 Å². The molecule has 0 amide bonds. The van der Waals surface area contributed by atoms with Crippen molar-refractivity contribution in [2.24, 2.45) is 5.92 Å². The third kappa shape index (κ3) is 4.67. The molecule has 1 aliphatic rings. The van der Waals surface area contributed by atoms with E-state index in [-0.39, 0.29) is 11.7 Å². The first kappa shape index (κ1) is 21.2. The molecule has 3 heterocycles. The molecule has 1 fully saturated rings. The first-order chi connectivity index (χ1) is 14.5. The van der Waals surface area contributed by atoms with Crippen molar-refractivity contribution < 1.29 is 13.2 Å². The first-order valence-electron chi connectivity index (χ1n) is 9.97. The number of benzene rings is 1. The van der Waals surface area contributed by atoms with Crippen molar-refractivity contribution in [3.05, 3.63) is 59.0 Å². The molecule has 0 bridgehead atoms. The van der Waals surface area contributed by atoms with Crippen molar-refractivity contribution in [1.29, 1.82) is 0 Å². The van der Waals surface area contributed by atoms with Crippen LogP contribution in [0.25, 0.3) is 11.2 Å². The summed E-state index contributed by atoms with van der Waals surface area (Å²) in [6.07, 6.45) is 3.29. The zero-order chi connectivity index (χ0) is 21.1. The van der Waals surface area contributed by atoms with Crippen LogP contribution in [0.3, 0.4) is 0 Å². The average molecular weight is 449 g/mol. The van der Waals surface area contributed by atoms with Gasteiger partial charge in [-0.15, -0.1) is 0 Å². The minimum atomic E-state index is -3.39. The number of pyridine rings is 1. The second-order valence-electron chi connectivity index (χ2n) is 7.62. The molecule has 2 aromatic heterocycles. The molecule has 160 valence electrons. The molecule has 0 unspecified atom stereocenters. The molecule has 3 aromatic rings. The number of imidazole rings is 1. The molecular formula is C21H25ClN4O3S. The van der Waals surface area contributed by atoms with Gasteiger partial charge in [0, 0.05) is 44.4 Å². The summed E-state index contributed by atoms with van der Waals surface area (Å²) in [5.74, 6) is 1.12. The minimum Gasteiger partial charge on any atom is -0.383 e. The summed E-state index contributed by atoms with van der Waals surface area (Å²) in [7, 11) is -1.72. The molecule has 0 N–H and O–H groups in total. The Morgan fingerprint density at radius 2 is 2.13 bits per heavy atom. The fourth-order valence-corrected chi connectivity index (χ4v) is 5.80. The summed E-state index contributed by atoms with van der Waals surface area (Å²) in [5.41, 5.74) is 2.40. The SMILES string of the molecule is COCCn1c(C[C@@H]2CCN(S(=O)(=O)Cc3cccc(Cl)c3)C2)nc2cccnc21. The van der Waals surface area contributed by atoms with E-state index in [4.69, 9.17) is 21.3 Å². The van der Waals surface area contributed by atoms with Crippen molar-refractivity contribution >= 4 is 32.8 Å². The quantitative estimate of drug-likeness (QED) is 0.529. The third-order valence-corrected chi connectivity index (χ3v) is 7.50. The number of sulfonamides is 1. The molecular weight excluding hydrogens is 424 g/mol. The summed E-state index contributed by atoms with van der Waals surface area (Å²) in [5, 5.41) is 0.547. The van der Waals surface area contributed by atoms with Gasteiger partial charge in [-0.25, -0.2) is 22.7 Å². The number of nitrogens with zero attached hydrogens (tertiary/aromatic N) is 4. The highest BCUT2D eigenvalue weighted by atomic mass is 35.5. The van der Waals surface area contributed by atoms with Crippen LogP contribution in [0.15, 0.2) is 42.6 Å². The molecule has 7 nitrogen and oxygen atoms in total. The fourth-order valence-electron chi connectivity index (χ4n) is 3.98. The maximum atomic E-state index is 12.9. The topological polar surface area (TPSA) is 77.3 Å². The van der Waals surface area contributed by atoms with Gasteiger partial charge in [-0.1, -0.05) is 23.7 Å². The number of rotatable bonds is 8. The van der Waals surface area contributed by atoms with Crippen LogP contribution < -0.4 is 0 Å². The van der Waals surface area contributed by atoms with Gasteiger partial charge in [-0.2, -0.15) is 0 Å². The van der Waals surface area contributed by atoms with Crippen LogP contribution in [0.5, 0.6) is 0 Å². The molecule has 1 aromatic carbocycles. The monoisotopic (exact) mass is 448 g/mol. The van der Waals surface area contributed by atoms with Gasteiger partial charge < -0.3 is 9.30 Å². The molecule has 0 radical (unpaired) electrons. The van der Waals surface area contributed by atoms with Gasteiger partial charge in [0.05, 0.1) is 12.4 Å². The van der Waals surface area contributed by atoms with E-state index in [9.17, 15) is 8.42 Å². The predicted molar refractivity (Wildman–Crippen MR) is 117 cm³/mol. The molecule has 4 rings (SSSR count). The second kappa shape index (κ2) is 9.01. The van der Waals surface area contributed by atoms with Crippen molar-refractivity contribution in [3.63, 3.8) is 0 Å². The number of methoxy groups -OCH3 is 1. The molecule has 1 saturated heterocycles. The number of hydrogen-bond acceptors (Lipinski definition) is 5. The van der Waals surface area contributed by atoms with Crippen molar-refractivity contribution in [3.8, 4) is 0 Å². The second-order valence-corrected chi connectivity index (χ2v) is 10.0. The Bertz CT molecular complexity index is 1130. The van der Waals surface area contributed by atoms with Gasteiger partial charge >= 0.3 is 0 Å². The first-order valence-corrected chi connectivity index (χ1v) is 12.0. The lowest BCUT2D eigenvalue weighted by Gasteiger charge is -2.17. The van der Waals surface area contributed by atoms with E-state index in [1.807, 2.05) is 12.1 Å². The van der Waals surface area contributed by atoms with E-state index >= 15 is 0 Å². The Morgan fingerprint density at radius 1 is 1.27 bits per heavy atom. The largest absolute Gasteiger partial charge is 0.383 e. The van der Waals surface area contributed by atoms with E-state index < -0.39 is 10.0 Å². The summed E-state index contributed by atoms with van der Waals surface area (Å²) in [6.45, 7) is 2.27. The molecule has 0 spiro atoms. The van der Waals surface area contributed by atoms with Gasteiger partial charge in [-0.3, -0.25) is 0 Å². The van der Waals surface area contributed by atoms with Crippen LogP contribution >= 0.6 is 11.6 Å². The number of aromatic nitrogens is 3. The maximum Gasteiger partial charge on any atom is 0.218 e. The average Bonchev–Trinajstić information content (AvgIpc) is 3.31. The van der Waals surface area contributed by atoms with E-state index in [1.54, 1.807) is 41.9 Å². The zero-order valence-corrected chi connectivity index (χ0v) is 18.4. The van der Waals surface area contributed by atoms with E-state index in [2.05, 4.69) is 9.55 Å². The van der Waals surface area contributed by atoms with Gasteiger partial charge in [0.2, 0.25) is 10.0 Å². The normalized spacial score (nSPS) is 17.7. The van der Waals surface area contributed by atoms with E-state index in [1.165, 1.54) is 0 Å². The molecule has 1 aliphatic heterocycles. The van der Waals surface area contributed by atoms with Gasteiger partial charge in [0.15, 0.2) is 5.65 Å². The van der Waals surface area contributed by atoms with Crippen LogP contribution in [-0.2, 0) is 33.5 Å². The Hall–Kier alpha value is -2.00. The summed E-state index contributed by atoms with van der Waals surface area (Å²) in [6, 6.07) is 10.8. The standard InChI is InChI=1S/C21H25ClN4O3S/c1-29-11-10-26-20(24-19-6-3-8-23-21(19)26)13-16-7-9-25(14-16)30(27,28)15-17-4-2-5-18(22)12-17/h2-6,8,12,16H,7,9-11,13-15H2,1H3/t16-/m0/s1. The number of ether oxygens (including phenoxy) is 1. The Labute approximate surface area is 181 Å². The number of halogens is 1. The van der Waals surface area contributed by atoms with Crippen LogP contribution in [0.4, 0.5) is 0 Å². The molecule has 0 aliphatic carbocycles. The Kier molecular flexibility index (Phi) is 6.38. The highest BCUT2D eigenvalue weighted by Gasteiger charge is 2.32. The fraction of sp³-hybridized carbons (Fsp3) is 0.429. The summed E-state index contributed by atoms with van der Waals surface area (Å²) < 4.78 is 34.7. The molecule has 30 heavy (non-hydrogen) atoms. The van der Waals surface area contributed by atoms with Crippen LogP contribution in [0.1, 0.15) is 17.8 Å². The highest BCUT2D eigenvalue weighted by Crippen LogP contribution is 2.26. The highest BCUT2D eigenvalue weighted by molar-refractivity contribution is 7.88. The van der Waals surface area contributed by atoms with Crippen LogP contribution in [0, 0.1) is 5.92 Å². The molecule has 1 atom stereocenters. The van der Waals surface area contributed by atoms with Gasteiger partial charge in [0.25, 0.3) is 0 Å².